The maximum Gasteiger partial charge on any atom is 0.0991 e. The number of hydrogen-bond donors (Lipinski definition) is 1. The van der Waals surface area contributed by atoms with Crippen LogP contribution in [0, 0.1) is 11.3 Å². The molecule has 2 atom stereocenters. The molecule has 0 aliphatic carbocycles. The Hall–Kier alpha value is -2.38. The van der Waals surface area contributed by atoms with Crippen LogP contribution in [0.4, 0.5) is 5.69 Å². The number of likely N-dealkylation sites (N-methyl/N-ethyl adjacent to an activating group) is 1. The number of nitrogens with two attached hydrogens (primary N) is 1. The average Bonchev–Trinajstić information content (AvgIpc) is 2.48. The van der Waals surface area contributed by atoms with Crippen LogP contribution in [0.3, 0.4) is 0 Å². The fourth-order valence-electron chi connectivity index (χ4n) is 2.37. The summed E-state index contributed by atoms with van der Waals surface area (Å²) in [5, 5.41) is 8.85. The molecule has 0 aliphatic rings. The highest BCUT2D eigenvalue weighted by molar-refractivity contribution is 5.51. The van der Waals surface area contributed by atoms with Crippen molar-refractivity contribution in [3.8, 4) is 6.07 Å². The van der Waals surface area contributed by atoms with Crippen LogP contribution in [0.15, 0.2) is 48.8 Å². The van der Waals surface area contributed by atoms with Crippen LogP contribution in [0.5, 0.6) is 0 Å². The molecule has 4 heteroatoms. The van der Waals surface area contributed by atoms with E-state index in [0.29, 0.717) is 5.56 Å². The molecule has 2 unspecified atom stereocenters. The van der Waals surface area contributed by atoms with Crippen molar-refractivity contribution in [3.63, 3.8) is 0 Å². The van der Waals surface area contributed by atoms with Gasteiger partial charge in [-0.1, -0.05) is 0 Å². The minimum atomic E-state index is -0.0296. The maximum absolute atomic E-state index is 8.85. The van der Waals surface area contributed by atoms with Crippen LogP contribution in [0.25, 0.3) is 0 Å². The lowest BCUT2D eigenvalue weighted by Gasteiger charge is -2.33. The van der Waals surface area contributed by atoms with E-state index < -0.39 is 0 Å². The molecule has 1 aromatic heterocycles. The van der Waals surface area contributed by atoms with Gasteiger partial charge in [0.05, 0.1) is 17.7 Å². The molecule has 102 valence electrons. The number of nitriles is 1. The minimum Gasteiger partial charge on any atom is -0.366 e. The summed E-state index contributed by atoms with van der Waals surface area (Å²) in [4.78, 5) is 6.17. The van der Waals surface area contributed by atoms with Crippen LogP contribution < -0.4 is 10.6 Å². The van der Waals surface area contributed by atoms with E-state index in [2.05, 4.69) is 16.0 Å². The zero-order valence-electron chi connectivity index (χ0n) is 11.7. The summed E-state index contributed by atoms with van der Waals surface area (Å²) in [6.07, 6.45) is 3.55. The zero-order chi connectivity index (χ0) is 14.5. The van der Waals surface area contributed by atoms with Crippen molar-refractivity contribution in [2.24, 2.45) is 5.73 Å². The van der Waals surface area contributed by atoms with Crippen LogP contribution in [0.2, 0.25) is 0 Å². The van der Waals surface area contributed by atoms with Crippen LogP contribution in [0.1, 0.15) is 24.1 Å². The predicted molar refractivity (Wildman–Crippen MR) is 80.2 cm³/mol. The summed E-state index contributed by atoms with van der Waals surface area (Å²) in [5.41, 5.74) is 8.96. The van der Waals surface area contributed by atoms with E-state index in [-0.39, 0.29) is 12.1 Å². The highest BCUT2D eigenvalue weighted by Crippen LogP contribution is 2.27. The maximum atomic E-state index is 8.85. The largest absolute Gasteiger partial charge is 0.366 e. The molecule has 2 rings (SSSR count). The summed E-state index contributed by atoms with van der Waals surface area (Å²) in [6, 6.07) is 13.6. The first-order chi connectivity index (χ1) is 9.63. The lowest BCUT2D eigenvalue weighted by Crippen LogP contribution is -2.37. The summed E-state index contributed by atoms with van der Waals surface area (Å²) in [7, 11) is 2.01. The molecular weight excluding hydrogens is 248 g/mol. The molecule has 0 saturated heterocycles. The number of pyridine rings is 1. The van der Waals surface area contributed by atoms with Crippen molar-refractivity contribution in [2.75, 3.05) is 11.9 Å². The molecule has 0 radical (unpaired) electrons. The Morgan fingerprint density at radius 1 is 1.15 bits per heavy atom. The van der Waals surface area contributed by atoms with E-state index in [4.69, 9.17) is 11.0 Å². The van der Waals surface area contributed by atoms with Crippen molar-refractivity contribution < 1.29 is 0 Å². The Morgan fingerprint density at radius 3 is 2.25 bits per heavy atom. The van der Waals surface area contributed by atoms with E-state index in [0.717, 1.165) is 11.3 Å². The summed E-state index contributed by atoms with van der Waals surface area (Å²) in [6.45, 7) is 1.99. The van der Waals surface area contributed by atoms with Gasteiger partial charge in [0.1, 0.15) is 0 Å². The monoisotopic (exact) mass is 266 g/mol. The third-order valence-corrected chi connectivity index (χ3v) is 3.37. The average molecular weight is 266 g/mol. The molecule has 2 aromatic rings. The Bertz CT molecular complexity index is 584. The molecule has 2 N–H and O–H groups in total. The lowest BCUT2D eigenvalue weighted by atomic mass is 10.00. The van der Waals surface area contributed by atoms with Gasteiger partial charge in [-0.3, -0.25) is 4.98 Å². The topological polar surface area (TPSA) is 65.9 Å². The number of rotatable bonds is 4. The Balaban J connectivity index is 2.32. The molecule has 1 heterocycles. The summed E-state index contributed by atoms with van der Waals surface area (Å²) >= 11 is 0. The quantitative estimate of drug-likeness (QED) is 0.923. The first-order valence-electron chi connectivity index (χ1n) is 6.52. The van der Waals surface area contributed by atoms with Gasteiger partial charge < -0.3 is 10.6 Å². The number of anilines is 1. The third kappa shape index (κ3) is 2.95. The van der Waals surface area contributed by atoms with Gasteiger partial charge in [0.2, 0.25) is 0 Å². The van der Waals surface area contributed by atoms with E-state index in [1.165, 1.54) is 0 Å². The van der Waals surface area contributed by atoms with Gasteiger partial charge in [-0.25, -0.2) is 0 Å². The van der Waals surface area contributed by atoms with Crippen LogP contribution in [-0.4, -0.2) is 18.1 Å². The molecule has 0 spiro atoms. The fraction of sp³-hybridized carbons (Fsp3) is 0.250. The third-order valence-electron chi connectivity index (χ3n) is 3.37. The summed E-state index contributed by atoms with van der Waals surface area (Å²) < 4.78 is 0. The van der Waals surface area contributed by atoms with Crippen LogP contribution in [-0.2, 0) is 0 Å². The van der Waals surface area contributed by atoms with E-state index in [1.807, 2.05) is 50.4 Å². The number of nitrogens with zero attached hydrogens (tertiary/aromatic N) is 3. The van der Waals surface area contributed by atoms with Gasteiger partial charge in [-0.05, 0) is 48.9 Å². The van der Waals surface area contributed by atoms with E-state index in [9.17, 15) is 0 Å². The van der Waals surface area contributed by atoms with E-state index >= 15 is 0 Å². The highest BCUT2D eigenvalue weighted by atomic mass is 15.1. The van der Waals surface area contributed by atoms with Gasteiger partial charge in [0.15, 0.2) is 0 Å². The van der Waals surface area contributed by atoms with Crippen molar-refractivity contribution in [1.29, 1.82) is 5.26 Å². The van der Waals surface area contributed by atoms with Gasteiger partial charge in [-0.2, -0.15) is 5.26 Å². The molecule has 0 bridgehead atoms. The first kappa shape index (κ1) is 14.0. The second-order valence-electron chi connectivity index (χ2n) is 4.85. The SMILES string of the molecule is CC(N)C(c1ccncc1)N(C)c1ccc(C#N)cc1. The molecule has 20 heavy (non-hydrogen) atoms. The molecule has 4 nitrogen and oxygen atoms in total. The number of benzene rings is 1. The van der Waals surface area contributed by atoms with Crippen molar-refractivity contribution in [3.05, 3.63) is 59.9 Å². The molecular formula is C16H18N4. The second kappa shape index (κ2) is 6.18. The van der Waals surface area contributed by atoms with Crippen molar-refractivity contribution >= 4 is 5.69 Å². The molecule has 0 fully saturated rings. The van der Waals surface area contributed by atoms with Gasteiger partial charge in [0.25, 0.3) is 0 Å². The summed E-state index contributed by atoms with van der Waals surface area (Å²) in [5.74, 6) is 0. The second-order valence-corrected chi connectivity index (χ2v) is 4.85. The Kier molecular flexibility index (Phi) is 4.34. The lowest BCUT2D eigenvalue weighted by molar-refractivity contribution is 0.558. The first-order valence-corrected chi connectivity index (χ1v) is 6.52. The Morgan fingerprint density at radius 2 is 1.75 bits per heavy atom. The number of aromatic nitrogens is 1. The standard InChI is InChI=1S/C16H18N4/c1-12(18)16(14-7-9-19-10-8-14)20(2)15-5-3-13(11-17)4-6-15/h3-10,12,16H,18H2,1-2H3. The Labute approximate surface area is 119 Å². The fourth-order valence-corrected chi connectivity index (χ4v) is 2.37. The smallest absolute Gasteiger partial charge is 0.0991 e. The van der Waals surface area contributed by atoms with Gasteiger partial charge in [0, 0.05) is 31.2 Å². The predicted octanol–water partition coefficient (Wildman–Crippen LogP) is 2.48. The zero-order valence-corrected chi connectivity index (χ0v) is 11.7. The minimum absolute atomic E-state index is 0.0296. The van der Waals surface area contributed by atoms with Crippen molar-refractivity contribution in [1.82, 2.24) is 4.98 Å². The molecule has 0 aliphatic heterocycles. The normalized spacial score (nSPS) is 13.3. The molecule has 0 saturated carbocycles. The van der Waals surface area contributed by atoms with Crippen molar-refractivity contribution in [2.45, 2.75) is 19.0 Å². The van der Waals surface area contributed by atoms with Crippen LogP contribution >= 0.6 is 0 Å². The van der Waals surface area contributed by atoms with E-state index in [1.54, 1.807) is 12.4 Å². The van der Waals surface area contributed by atoms with Gasteiger partial charge >= 0.3 is 0 Å². The molecule has 1 aromatic carbocycles. The number of hydrogen-bond acceptors (Lipinski definition) is 4. The van der Waals surface area contributed by atoms with Gasteiger partial charge in [-0.15, -0.1) is 0 Å². The highest BCUT2D eigenvalue weighted by Gasteiger charge is 2.21. The molecule has 0 amide bonds.